The van der Waals surface area contributed by atoms with Crippen molar-refractivity contribution in [3.05, 3.63) is 57.5 Å². The zero-order valence-electron chi connectivity index (χ0n) is 11.5. The predicted octanol–water partition coefficient (Wildman–Crippen LogP) is 5.57. The highest BCUT2D eigenvalue weighted by Crippen LogP contribution is 2.32. The molecule has 2 aromatic rings. The molecule has 2 nitrogen and oxygen atoms in total. The van der Waals surface area contributed by atoms with E-state index in [0.29, 0.717) is 16.8 Å². The maximum absolute atomic E-state index is 6.14. The van der Waals surface area contributed by atoms with Crippen LogP contribution >= 0.6 is 27.5 Å². The zero-order valence-corrected chi connectivity index (χ0v) is 13.8. The lowest BCUT2D eigenvalue weighted by Gasteiger charge is -2.15. The highest BCUT2D eigenvalue weighted by Gasteiger charge is 2.07. The van der Waals surface area contributed by atoms with Crippen molar-refractivity contribution in [2.45, 2.75) is 19.4 Å². The summed E-state index contributed by atoms with van der Waals surface area (Å²) < 4.78 is 6.73. The second-order valence-corrected chi connectivity index (χ2v) is 5.82. The van der Waals surface area contributed by atoms with E-state index < -0.39 is 0 Å². The smallest absolute Gasteiger partial charge is 0.146 e. The van der Waals surface area contributed by atoms with Gasteiger partial charge in [0.05, 0.1) is 5.02 Å². The Balaban J connectivity index is 2.14. The summed E-state index contributed by atoms with van der Waals surface area (Å²) in [4.78, 5) is 0. The quantitative estimate of drug-likeness (QED) is 0.758. The van der Waals surface area contributed by atoms with E-state index in [2.05, 4.69) is 40.3 Å². The fraction of sp³-hybridized carbons (Fsp3) is 0.250. The molecule has 0 amide bonds. The topological polar surface area (TPSA) is 21.3 Å². The van der Waals surface area contributed by atoms with Crippen LogP contribution in [0, 0.1) is 0 Å². The Morgan fingerprint density at radius 3 is 2.45 bits per heavy atom. The van der Waals surface area contributed by atoms with Crippen molar-refractivity contribution in [1.29, 1.82) is 0 Å². The molecule has 106 valence electrons. The second-order valence-electron chi connectivity index (χ2n) is 4.50. The Labute approximate surface area is 133 Å². The number of nitrogens with one attached hydrogen (secondary N) is 1. The SMILES string of the molecule is CCC(NC)c1ccc(Oc2ccc(Br)cc2Cl)cc1. The molecule has 1 N–H and O–H groups in total. The van der Waals surface area contributed by atoms with Crippen molar-refractivity contribution >= 4 is 27.5 Å². The van der Waals surface area contributed by atoms with E-state index >= 15 is 0 Å². The van der Waals surface area contributed by atoms with Gasteiger partial charge in [0, 0.05) is 10.5 Å². The van der Waals surface area contributed by atoms with Gasteiger partial charge in [0.15, 0.2) is 0 Å². The van der Waals surface area contributed by atoms with Crippen molar-refractivity contribution in [3.63, 3.8) is 0 Å². The van der Waals surface area contributed by atoms with Crippen LogP contribution in [0.1, 0.15) is 24.9 Å². The highest BCUT2D eigenvalue weighted by atomic mass is 79.9. The number of halogens is 2. The first-order chi connectivity index (χ1) is 9.63. The molecule has 0 fully saturated rings. The van der Waals surface area contributed by atoms with Gasteiger partial charge >= 0.3 is 0 Å². The average molecular weight is 355 g/mol. The van der Waals surface area contributed by atoms with Crippen LogP contribution in [0.25, 0.3) is 0 Å². The number of benzene rings is 2. The average Bonchev–Trinajstić information content (AvgIpc) is 2.45. The van der Waals surface area contributed by atoms with E-state index in [0.717, 1.165) is 16.6 Å². The third-order valence-electron chi connectivity index (χ3n) is 3.16. The van der Waals surface area contributed by atoms with E-state index in [-0.39, 0.29) is 0 Å². The molecule has 0 bridgehead atoms. The molecular weight excluding hydrogens is 338 g/mol. The van der Waals surface area contributed by atoms with Crippen molar-refractivity contribution < 1.29 is 4.74 Å². The van der Waals surface area contributed by atoms with Gasteiger partial charge in [-0.15, -0.1) is 0 Å². The summed E-state index contributed by atoms with van der Waals surface area (Å²) in [6, 6.07) is 14.0. The fourth-order valence-electron chi connectivity index (χ4n) is 2.06. The summed E-state index contributed by atoms with van der Waals surface area (Å²) in [6.07, 6.45) is 1.05. The van der Waals surface area contributed by atoms with Crippen LogP contribution in [0.4, 0.5) is 0 Å². The molecular formula is C16H17BrClNO. The van der Waals surface area contributed by atoms with Crippen LogP contribution in [-0.2, 0) is 0 Å². The van der Waals surface area contributed by atoms with Crippen LogP contribution in [0.3, 0.4) is 0 Å². The Hall–Kier alpha value is -1.03. The molecule has 1 unspecified atom stereocenters. The molecule has 0 aliphatic heterocycles. The number of ether oxygens (including phenoxy) is 1. The van der Waals surface area contributed by atoms with Crippen molar-refractivity contribution in [2.24, 2.45) is 0 Å². The molecule has 0 radical (unpaired) electrons. The summed E-state index contributed by atoms with van der Waals surface area (Å²) in [7, 11) is 1.97. The van der Waals surface area contributed by atoms with E-state index in [9.17, 15) is 0 Å². The van der Waals surface area contributed by atoms with E-state index in [1.807, 2.05) is 37.4 Å². The number of hydrogen-bond donors (Lipinski definition) is 1. The lowest BCUT2D eigenvalue weighted by Crippen LogP contribution is -2.14. The van der Waals surface area contributed by atoms with Crippen molar-refractivity contribution in [2.75, 3.05) is 7.05 Å². The normalized spacial score (nSPS) is 12.2. The third-order valence-corrected chi connectivity index (χ3v) is 3.95. The first-order valence-corrected chi connectivity index (χ1v) is 7.71. The molecule has 0 saturated carbocycles. The Morgan fingerprint density at radius 2 is 1.90 bits per heavy atom. The summed E-state index contributed by atoms with van der Waals surface area (Å²) in [6.45, 7) is 2.16. The maximum Gasteiger partial charge on any atom is 0.146 e. The Kier molecular flexibility index (Phi) is 5.46. The van der Waals surface area contributed by atoms with E-state index in [4.69, 9.17) is 16.3 Å². The monoisotopic (exact) mass is 353 g/mol. The molecule has 0 aliphatic rings. The fourth-order valence-corrected chi connectivity index (χ4v) is 2.77. The van der Waals surface area contributed by atoms with Gasteiger partial charge in [-0.2, -0.15) is 0 Å². The van der Waals surface area contributed by atoms with Crippen LogP contribution in [-0.4, -0.2) is 7.05 Å². The Bertz CT molecular complexity index is 567. The van der Waals surface area contributed by atoms with Gasteiger partial charge < -0.3 is 10.1 Å². The summed E-state index contributed by atoms with van der Waals surface area (Å²) in [5.74, 6) is 1.44. The maximum atomic E-state index is 6.14. The first kappa shape index (κ1) is 15.4. The molecule has 2 rings (SSSR count). The second kappa shape index (κ2) is 7.11. The predicted molar refractivity (Wildman–Crippen MR) is 87.8 cm³/mol. The van der Waals surface area contributed by atoms with Gasteiger partial charge in [0.25, 0.3) is 0 Å². The number of hydrogen-bond acceptors (Lipinski definition) is 2. The summed E-state index contributed by atoms with van der Waals surface area (Å²) >= 11 is 9.52. The van der Waals surface area contributed by atoms with Gasteiger partial charge in [0.2, 0.25) is 0 Å². The summed E-state index contributed by atoms with van der Waals surface area (Å²) in [5, 5.41) is 3.87. The number of rotatable bonds is 5. The van der Waals surface area contributed by atoms with Crippen LogP contribution in [0.5, 0.6) is 11.5 Å². The van der Waals surface area contributed by atoms with Crippen LogP contribution < -0.4 is 10.1 Å². The van der Waals surface area contributed by atoms with E-state index in [1.165, 1.54) is 5.56 Å². The minimum Gasteiger partial charge on any atom is -0.456 e. The van der Waals surface area contributed by atoms with Crippen molar-refractivity contribution in [3.8, 4) is 11.5 Å². The molecule has 1 atom stereocenters. The van der Waals surface area contributed by atoms with Gasteiger partial charge in [-0.3, -0.25) is 0 Å². The molecule has 0 spiro atoms. The molecule has 0 aliphatic carbocycles. The van der Waals surface area contributed by atoms with Crippen LogP contribution in [0.2, 0.25) is 5.02 Å². The van der Waals surface area contributed by atoms with Crippen molar-refractivity contribution in [1.82, 2.24) is 5.32 Å². The molecule has 0 aromatic heterocycles. The van der Waals surface area contributed by atoms with E-state index in [1.54, 1.807) is 0 Å². The lowest BCUT2D eigenvalue weighted by molar-refractivity contribution is 0.481. The molecule has 0 saturated heterocycles. The Morgan fingerprint density at radius 1 is 1.20 bits per heavy atom. The highest BCUT2D eigenvalue weighted by molar-refractivity contribution is 9.10. The van der Waals surface area contributed by atoms with Gasteiger partial charge in [-0.05, 0) is 49.4 Å². The minimum absolute atomic E-state index is 0.375. The lowest BCUT2D eigenvalue weighted by atomic mass is 10.0. The molecule has 4 heteroatoms. The summed E-state index contributed by atoms with van der Waals surface area (Å²) in [5.41, 5.74) is 1.25. The molecule has 2 aromatic carbocycles. The third kappa shape index (κ3) is 3.75. The van der Waals surface area contributed by atoms with Gasteiger partial charge in [-0.25, -0.2) is 0 Å². The van der Waals surface area contributed by atoms with Gasteiger partial charge in [0.1, 0.15) is 11.5 Å². The standard InChI is InChI=1S/C16H17BrClNO/c1-3-15(19-2)11-4-7-13(8-5-11)20-16-9-6-12(17)10-14(16)18/h4-10,15,19H,3H2,1-2H3. The molecule has 0 heterocycles. The van der Waals surface area contributed by atoms with Crippen LogP contribution in [0.15, 0.2) is 46.9 Å². The largest absolute Gasteiger partial charge is 0.456 e. The zero-order chi connectivity index (χ0) is 14.5. The first-order valence-electron chi connectivity index (χ1n) is 6.54. The van der Waals surface area contributed by atoms with Gasteiger partial charge in [-0.1, -0.05) is 46.6 Å². The minimum atomic E-state index is 0.375. The molecule has 20 heavy (non-hydrogen) atoms.